The maximum absolute atomic E-state index is 12.6. The van der Waals surface area contributed by atoms with Crippen LogP contribution in [0.15, 0.2) is 10.9 Å². The normalized spacial score (nSPS) is 14.8. The Labute approximate surface area is 130 Å². The highest BCUT2D eigenvalue weighted by atomic mass is 16.5. The monoisotopic (exact) mass is 308 g/mol. The van der Waals surface area contributed by atoms with Crippen LogP contribution in [-0.2, 0) is 35.5 Å². The van der Waals surface area contributed by atoms with E-state index in [2.05, 4.69) is 11.9 Å². The van der Waals surface area contributed by atoms with Crippen LogP contribution >= 0.6 is 0 Å². The van der Waals surface area contributed by atoms with E-state index in [-0.39, 0.29) is 18.4 Å². The molecule has 0 amide bonds. The maximum Gasteiger partial charge on any atom is 0.303 e. The van der Waals surface area contributed by atoms with Crippen molar-refractivity contribution in [3.8, 4) is 0 Å². The smallest absolute Gasteiger partial charge is 0.303 e. The Hall–Kier alpha value is -1.66. The van der Waals surface area contributed by atoms with E-state index in [0.717, 1.165) is 37.2 Å². The largest absolute Gasteiger partial charge is 0.481 e. The van der Waals surface area contributed by atoms with Crippen LogP contribution in [0.2, 0.25) is 0 Å². The number of nitrogens with zero attached hydrogens (tertiary/aromatic N) is 2. The van der Waals surface area contributed by atoms with Crippen molar-refractivity contribution in [2.24, 2.45) is 0 Å². The molecule has 0 radical (unpaired) electrons. The van der Waals surface area contributed by atoms with Gasteiger partial charge in [-0.3, -0.25) is 9.59 Å². The summed E-state index contributed by atoms with van der Waals surface area (Å²) in [5, 5.41) is 8.86. The minimum atomic E-state index is -0.875. The van der Waals surface area contributed by atoms with Crippen LogP contribution in [0.4, 0.5) is 0 Å². The lowest BCUT2D eigenvalue weighted by Gasteiger charge is -2.28. The third kappa shape index (κ3) is 3.96. The molecule has 6 heteroatoms. The summed E-state index contributed by atoms with van der Waals surface area (Å²) >= 11 is 0. The zero-order valence-corrected chi connectivity index (χ0v) is 13.3. The molecule has 0 unspecified atom stereocenters. The first-order valence-electron chi connectivity index (χ1n) is 7.66. The lowest BCUT2D eigenvalue weighted by atomic mass is 10.0. The van der Waals surface area contributed by atoms with E-state index in [9.17, 15) is 9.59 Å². The highest BCUT2D eigenvalue weighted by Gasteiger charge is 2.20. The van der Waals surface area contributed by atoms with Gasteiger partial charge in [0.25, 0.3) is 5.56 Å². The van der Waals surface area contributed by atoms with Gasteiger partial charge in [0.05, 0.1) is 0 Å². The summed E-state index contributed by atoms with van der Waals surface area (Å²) in [7, 11) is 3.71. The minimum Gasteiger partial charge on any atom is -0.481 e. The Balaban J connectivity index is 2.35. The standard InChI is InChI=1S/C16H24N2O4/c1-17-8-6-14-13(11-17)10-12(4-5-15(19)20)16(21)18(14)7-3-9-22-2/h10H,3-9,11H2,1-2H3,(H,19,20). The van der Waals surface area contributed by atoms with Gasteiger partial charge < -0.3 is 19.3 Å². The number of pyridine rings is 1. The Bertz CT molecular complexity index is 595. The topological polar surface area (TPSA) is 71.8 Å². The third-order valence-corrected chi connectivity index (χ3v) is 4.07. The number of hydrogen-bond acceptors (Lipinski definition) is 4. The molecular formula is C16H24N2O4. The van der Waals surface area contributed by atoms with Crippen LogP contribution in [-0.4, -0.2) is 47.9 Å². The molecule has 0 aliphatic carbocycles. The molecule has 1 N–H and O–H groups in total. The van der Waals surface area contributed by atoms with Crippen molar-refractivity contribution in [3.05, 3.63) is 33.2 Å². The van der Waals surface area contributed by atoms with Crippen LogP contribution in [0.25, 0.3) is 0 Å². The molecule has 2 rings (SSSR count). The second kappa shape index (κ2) is 7.56. The number of ether oxygens (including phenoxy) is 1. The fraction of sp³-hybridized carbons (Fsp3) is 0.625. The first-order valence-corrected chi connectivity index (χ1v) is 7.66. The van der Waals surface area contributed by atoms with Crippen molar-refractivity contribution < 1.29 is 14.6 Å². The summed E-state index contributed by atoms with van der Waals surface area (Å²) in [6.45, 7) is 2.98. The van der Waals surface area contributed by atoms with E-state index >= 15 is 0 Å². The number of hydrogen-bond donors (Lipinski definition) is 1. The van der Waals surface area contributed by atoms with E-state index in [4.69, 9.17) is 9.84 Å². The number of methoxy groups -OCH3 is 1. The predicted molar refractivity (Wildman–Crippen MR) is 83.2 cm³/mol. The van der Waals surface area contributed by atoms with Gasteiger partial charge >= 0.3 is 5.97 Å². The number of rotatable bonds is 7. The van der Waals surface area contributed by atoms with Gasteiger partial charge in [0.15, 0.2) is 0 Å². The van der Waals surface area contributed by atoms with Crippen molar-refractivity contribution in [1.29, 1.82) is 0 Å². The van der Waals surface area contributed by atoms with Gasteiger partial charge in [0.2, 0.25) is 0 Å². The first kappa shape index (κ1) is 16.7. The van der Waals surface area contributed by atoms with Crippen molar-refractivity contribution in [1.82, 2.24) is 9.47 Å². The molecular weight excluding hydrogens is 284 g/mol. The lowest BCUT2D eigenvalue weighted by Crippen LogP contribution is -2.35. The Morgan fingerprint density at radius 1 is 1.45 bits per heavy atom. The first-order chi connectivity index (χ1) is 10.5. The Kier molecular flexibility index (Phi) is 5.74. The van der Waals surface area contributed by atoms with Crippen LogP contribution in [0, 0.1) is 0 Å². The van der Waals surface area contributed by atoms with Crippen LogP contribution in [0.5, 0.6) is 0 Å². The third-order valence-electron chi connectivity index (χ3n) is 4.07. The second-order valence-electron chi connectivity index (χ2n) is 5.83. The van der Waals surface area contributed by atoms with E-state index < -0.39 is 5.97 Å². The maximum atomic E-state index is 12.6. The number of aliphatic carboxylic acids is 1. The predicted octanol–water partition coefficient (Wildman–Crippen LogP) is 0.890. The second-order valence-corrected chi connectivity index (χ2v) is 5.83. The summed E-state index contributed by atoms with van der Waals surface area (Å²) in [6.07, 6.45) is 1.91. The molecule has 1 aliphatic heterocycles. The number of likely N-dealkylation sites (N-methyl/N-ethyl adjacent to an activating group) is 1. The summed E-state index contributed by atoms with van der Waals surface area (Å²) in [5.41, 5.74) is 2.80. The zero-order valence-electron chi connectivity index (χ0n) is 13.3. The van der Waals surface area contributed by atoms with Crippen molar-refractivity contribution >= 4 is 5.97 Å². The Morgan fingerprint density at radius 2 is 2.23 bits per heavy atom. The van der Waals surface area contributed by atoms with Gasteiger partial charge in [-0.25, -0.2) is 0 Å². The quantitative estimate of drug-likeness (QED) is 0.758. The van der Waals surface area contributed by atoms with E-state index in [1.807, 2.05) is 10.6 Å². The molecule has 1 aliphatic rings. The molecule has 2 heterocycles. The van der Waals surface area contributed by atoms with Crippen molar-refractivity contribution in [2.75, 3.05) is 27.3 Å². The van der Waals surface area contributed by atoms with E-state index in [1.165, 1.54) is 0 Å². The summed E-state index contributed by atoms with van der Waals surface area (Å²) in [4.78, 5) is 25.6. The van der Waals surface area contributed by atoms with Crippen LogP contribution < -0.4 is 5.56 Å². The highest BCUT2D eigenvalue weighted by molar-refractivity contribution is 5.67. The van der Waals surface area contributed by atoms with E-state index in [0.29, 0.717) is 18.7 Å². The van der Waals surface area contributed by atoms with Gasteiger partial charge in [-0.05, 0) is 31.5 Å². The van der Waals surface area contributed by atoms with Crippen molar-refractivity contribution in [2.45, 2.75) is 38.8 Å². The summed E-state index contributed by atoms with van der Waals surface area (Å²) < 4.78 is 6.90. The molecule has 1 aromatic rings. The van der Waals surface area contributed by atoms with Gasteiger partial charge in [-0.1, -0.05) is 0 Å². The number of carboxylic acid groups (broad SMARTS) is 1. The minimum absolute atomic E-state index is 0.0120. The molecule has 0 bridgehead atoms. The average Bonchev–Trinajstić information content (AvgIpc) is 2.47. The average molecular weight is 308 g/mol. The molecule has 0 saturated carbocycles. The number of fused-ring (bicyclic) bond motifs is 1. The molecule has 1 aromatic heterocycles. The number of carbonyl (C=O) groups is 1. The molecule has 6 nitrogen and oxygen atoms in total. The molecule has 122 valence electrons. The van der Waals surface area contributed by atoms with Gasteiger partial charge in [0.1, 0.15) is 0 Å². The number of carboxylic acids is 1. The molecule has 0 atom stereocenters. The Morgan fingerprint density at radius 3 is 2.91 bits per heavy atom. The van der Waals surface area contributed by atoms with Gasteiger partial charge in [-0.15, -0.1) is 0 Å². The SMILES string of the molecule is COCCCn1c2c(cc(CCC(=O)O)c1=O)CN(C)CC2. The highest BCUT2D eigenvalue weighted by Crippen LogP contribution is 2.18. The fourth-order valence-corrected chi connectivity index (χ4v) is 2.95. The zero-order chi connectivity index (χ0) is 16.1. The number of aromatic nitrogens is 1. The van der Waals surface area contributed by atoms with Gasteiger partial charge in [-0.2, -0.15) is 0 Å². The molecule has 0 aromatic carbocycles. The molecule has 22 heavy (non-hydrogen) atoms. The van der Waals surface area contributed by atoms with E-state index in [1.54, 1.807) is 7.11 Å². The molecule has 0 spiro atoms. The van der Waals surface area contributed by atoms with Crippen LogP contribution in [0.1, 0.15) is 29.7 Å². The lowest BCUT2D eigenvalue weighted by molar-refractivity contribution is -0.136. The summed E-state index contributed by atoms with van der Waals surface area (Å²) in [5.74, 6) is -0.875. The van der Waals surface area contributed by atoms with Crippen LogP contribution in [0.3, 0.4) is 0 Å². The van der Waals surface area contributed by atoms with Gasteiger partial charge in [0, 0.05) is 57.4 Å². The molecule has 0 fully saturated rings. The fourth-order valence-electron chi connectivity index (χ4n) is 2.95. The molecule has 0 saturated heterocycles. The van der Waals surface area contributed by atoms with Crippen molar-refractivity contribution in [3.63, 3.8) is 0 Å². The summed E-state index contributed by atoms with van der Waals surface area (Å²) in [6, 6.07) is 1.91. The number of aryl methyl sites for hydroxylation is 1.